The highest BCUT2D eigenvalue weighted by atomic mass is 32.2. The van der Waals surface area contributed by atoms with Crippen molar-refractivity contribution in [1.82, 2.24) is 0 Å². The lowest BCUT2D eigenvalue weighted by molar-refractivity contribution is -0.121. The number of carbonyl (C=O) groups is 1. The standard InChI is InChI=1S/C22H28N2O4S/c1-14(2)22(25)24-10-6-7-17-8-9-18(13-20(17)24)23-29(26,27)19-11-15(3)21(28-5)16(4)12-19/h8-9,11-14,23H,6-7,10H2,1-5H3. The van der Waals surface area contributed by atoms with E-state index in [1.54, 1.807) is 36.3 Å². The van der Waals surface area contributed by atoms with Gasteiger partial charge in [0.1, 0.15) is 5.75 Å². The van der Waals surface area contributed by atoms with Gasteiger partial charge in [0.2, 0.25) is 5.91 Å². The third kappa shape index (κ3) is 4.24. The molecule has 1 N–H and O–H groups in total. The minimum Gasteiger partial charge on any atom is -0.496 e. The quantitative estimate of drug-likeness (QED) is 0.798. The zero-order chi connectivity index (χ0) is 21.3. The molecule has 1 heterocycles. The van der Waals surface area contributed by atoms with E-state index in [0.717, 1.165) is 35.2 Å². The lowest BCUT2D eigenvalue weighted by Gasteiger charge is -2.31. The van der Waals surface area contributed by atoms with Crippen molar-refractivity contribution in [2.45, 2.75) is 45.4 Å². The summed E-state index contributed by atoms with van der Waals surface area (Å²) in [5.74, 6) is 0.611. The van der Waals surface area contributed by atoms with Crippen molar-refractivity contribution in [2.24, 2.45) is 5.92 Å². The van der Waals surface area contributed by atoms with Crippen molar-refractivity contribution in [3.8, 4) is 5.75 Å². The van der Waals surface area contributed by atoms with Crippen molar-refractivity contribution in [3.05, 3.63) is 47.0 Å². The Morgan fingerprint density at radius 3 is 2.38 bits per heavy atom. The number of anilines is 2. The van der Waals surface area contributed by atoms with E-state index in [0.29, 0.717) is 18.0 Å². The molecule has 7 heteroatoms. The summed E-state index contributed by atoms with van der Waals surface area (Å²) in [5.41, 5.74) is 3.80. The largest absolute Gasteiger partial charge is 0.496 e. The van der Waals surface area contributed by atoms with Crippen molar-refractivity contribution in [3.63, 3.8) is 0 Å². The van der Waals surface area contributed by atoms with Crippen LogP contribution >= 0.6 is 0 Å². The lowest BCUT2D eigenvalue weighted by Crippen LogP contribution is -2.38. The summed E-state index contributed by atoms with van der Waals surface area (Å²) in [5, 5.41) is 0. The van der Waals surface area contributed by atoms with Crippen LogP contribution in [0.5, 0.6) is 5.75 Å². The Morgan fingerprint density at radius 1 is 1.14 bits per heavy atom. The molecule has 3 rings (SSSR count). The Bertz CT molecular complexity index is 1020. The molecule has 0 spiro atoms. The highest BCUT2D eigenvalue weighted by molar-refractivity contribution is 7.92. The van der Waals surface area contributed by atoms with Crippen molar-refractivity contribution < 1.29 is 17.9 Å². The number of ether oxygens (including phenoxy) is 1. The van der Waals surface area contributed by atoms with Crippen LogP contribution in [0.3, 0.4) is 0 Å². The molecule has 1 aliphatic rings. The van der Waals surface area contributed by atoms with Crippen molar-refractivity contribution in [1.29, 1.82) is 0 Å². The zero-order valence-corrected chi connectivity index (χ0v) is 18.4. The van der Waals surface area contributed by atoms with Crippen molar-refractivity contribution >= 4 is 27.3 Å². The summed E-state index contributed by atoms with van der Waals surface area (Å²) in [4.78, 5) is 14.5. The number of aryl methyl sites for hydroxylation is 3. The molecule has 0 fully saturated rings. The Kier molecular flexibility index (Phi) is 5.89. The van der Waals surface area contributed by atoms with E-state index < -0.39 is 10.0 Å². The molecule has 156 valence electrons. The molecule has 0 bridgehead atoms. The molecule has 1 aliphatic heterocycles. The van der Waals surface area contributed by atoms with Crippen LogP contribution < -0.4 is 14.4 Å². The minimum absolute atomic E-state index is 0.0485. The highest BCUT2D eigenvalue weighted by Gasteiger charge is 2.25. The molecular formula is C22H28N2O4S. The molecule has 0 atom stereocenters. The Labute approximate surface area is 172 Å². The molecule has 2 aromatic rings. The van der Waals surface area contributed by atoms with Gasteiger partial charge in [-0.25, -0.2) is 8.42 Å². The lowest BCUT2D eigenvalue weighted by atomic mass is 9.99. The van der Waals surface area contributed by atoms with Gasteiger partial charge in [0.15, 0.2) is 0 Å². The number of hydrogen-bond donors (Lipinski definition) is 1. The molecule has 0 saturated heterocycles. The van der Waals surface area contributed by atoms with Gasteiger partial charge in [-0.1, -0.05) is 19.9 Å². The van der Waals surface area contributed by atoms with E-state index in [2.05, 4.69) is 4.72 Å². The second-order valence-electron chi connectivity index (χ2n) is 7.79. The highest BCUT2D eigenvalue weighted by Crippen LogP contribution is 2.33. The molecule has 0 aromatic heterocycles. The average Bonchev–Trinajstić information content (AvgIpc) is 2.66. The van der Waals surface area contributed by atoms with Gasteiger partial charge in [0.05, 0.1) is 17.7 Å². The summed E-state index contributed by atoms with van der Waals surface area (Å²) in [6, 6.07) is 8.61. The van der Waals surface area contributed by atoms with Crippen LogP contribution in [0.2, 0.25) is 0 Å². The Morgan fingerprint density at radius 2 is 1.79 bits per heavy atom. The van der Waals surface area contributed by atoms with Crippen LogP contribution in [0, 0.1) is 19.8 Å². The van der Waals surface area contributed by atoms with Gasteiger partial charge in [-0.2, -0.15) is 0 Å². The van der Waals surface area contributed by atoms with E-state index >= 15 is 0 Å². The van der Waals surface area contributed by atoms with Crippen LogP contribution in [-0.4, -0.2) is 28.0 Å². The predicted octanol–water partition coefficient (Wildman–Crippen LogP) is 4.05. The number of sulfonamides is 1. The number of fused-ring (bicyclic) bond motifs is 1. The first-order chi connectivity index (χ1) is 13.6. The van der Waals surface area contributed by atoms with E-state index in [-0.39, 0.29) is 16.7 Å². The molecule has 0 radical (unpaired) electrons. The van der Waals surface area contributed by atoms with Gasteiger partial charge in [-0.3, -0.25) is 9.52 Å². The maximum absolute atomic E-state index is 13.0. The zero-order valence-electron chi connectivity index (χ0n) is 17.6. The third-order valence-corrected chi connectivity index (χ3v) is 6.53. The second kappa shape index (κ2) is 8.06. The molecule has 0 saturated carbocycles. The minimum atomic E-state index is -3.77. The van der Waals surface area contributed by atoms with Crippen LogP contribution in [-0.2, 0) is 21.2 Å². The average molecular weight is 417 g/mol. The first-order valence-electron chi connectivity index (χ1n) is 9.76. The number of rotatable bonds is 5. The topological polar surface area (TPSA) is 75.7 Å². The first kappa shape index (κ1) is 21.2. The summed E-state index contributed by atoms with van der Waals surface area (Å²) >= 11 is 0. The summed E-state index contributed by atoms with van der Waals surface area (Å²) in [7, 11) is -2.20. The predicted molar refractivity (Wildman–Crippen MR) is 115 cm³/mol. The van der Waals surface area contributed by atoms with Gasteiger partial charge in [0.25, 0.3) is 10.0 Å². The van der Waals surface area contributed by atoms with E-state index in [1.807, 2.05) is 33.8 Å². The van der Waals surface area contributed by atoms with Gasteiger partial charge < -0.3 is 9.64 Å². The number of methoxy groups -OCH3 is 1. The molecule has 29 heavy (non-hydrogen) atoms. The maximum Gasteiger partial charge on any atom is 0.261 e. The number of carbonyl (C=O) groups excluding carboxylic acids is 1. The molecular weight excluding hydrogens is 388 g/mol. The SMILES string of the molecule is COc1c(C)cc(S(=O)(=O)Nc2ccc3c(c2)N(C(=O)C(C)C)CCC3)cc1C. The van der Waals surface area contributed by atoms with Crippen LogP contribution in [0.15, 0.2) is 35.2 Å². The number of hydrogen-bond acceptors (Lipinski definition) is 4. The van der Waals surface area contributed by atoms with Gasteiger partial charge >= 0.3 is 0 Å². The monoisotopic (exact) mass is 416 g/mol. The molecule has 0 unspecified atom stereocenters. The third-order valence-electron chi connectivity index (χ3n) is 5.16. The van der Waals surface area contributed by atoms with Gasteiger partial charge in [-0.05, 0) is 67.6 Å². The second-order valence-corrected chi connectivity index (χ2v) is 9.47. The molecule has 2 aromatic carbocycles. The number of nitrogens with zero attached hydrogens (tertiary/aromatic N) is 1. The van der Waals surface area contributed by atoms with Gasteiger partial charge in [0, 0.05) is 18.2 Å². The molecule has 1 amide bonds. The Balaban J connectivity index is 1.95. The first-order valence-corrected chi connectivity index (χ1v) is 11.2. The molecule has 6 nitrogen and oxygen atoms in total. The van der Waals surface area contributed by atoms with E-state index in [9.17, 15) is 13.2 Å². The fourth-order valence-electron chi connectivity index (χ4n) is 3.78. The van der Waals surface area contributed by atoms with E-state index in [1.165, 1.54) is 0 Å². The summed E-state index contributed by atoms with van der Waals surface area (Å²) in [6.07, 6.45) is 1.78. The molecule has 0 aliphatic carbocycles. The van der Waals surface area contributed by atoms with Crippen LogP contribution in [0.1, 0.15) is 37.0 Å². The maximum atomic E-state index is 13.0. The van der Waals surface area contributed by atoms with Gasteiger partial charge in [-0.15, -0.1) is 0 Å². The summed E-state index contributed by atoms with van der Waals surface area (Å²) < 4.78 is 33.9. The van der Waals surface area contributed by atoms with Crippen LogP contribution in [0.4, 0.5) is 11.4 Å². The number of nitrogens with one attached hydrogen (secondary N) is 1. The Hall–Kier alpha value is -2.54. The summed E-state index contributed by atoms with van der Waals surface area (Å²) in [6.45, 7) is 8.03. The van der Waals surface area contributed by atoms with E-state index in [4.69, 9.17) is 4.74 Å². The fraction of sp³-hybridized carbons (Fsp3) is 0.409. The number of amides is 1. The normalized spacial score (nSPS) is 13.9. The van der Waals surface area contributed by atoms with Crippen LogP contribution in [0.25, 0.3) is 0 Å². The number of benzene rings is 2. The van der Waals surface area contributed by atoms with Crippen molar-refractivity contribution in [2.75, 3.05) is 23.3 Å². The fourth-order valence-corrected chi connectivity index (χ4v) is 5.00. The smallest absolute Gasteiger partial charge is 0.261 e.